The molecule has 0 saturated carbocycles. The molecule has 1 fully saturated rings. The molecule has 6 nitrogen and oxygen atoms in total. The van der Waals surface area contributed by atoms with Gasteiger partial charge in [0.25, 0.3) is 11.8 Å². The Hall–Kier alpha value is -2.54. The van der Waals surface area contributed by atoms with Crippen molar-refractivity contribution in [2.45, 2.75) is 25.2 Å². The molecule has 0 aromatic carbocycles. The molecule has 7 heteroatoms. The summed E-state index contributed by atoms with van der Waals surface area (Å²) < 4.78 is 5.45. The van der Waals surface area contributed by atoms with Crippen LogP contribution in [-0.4, -0.2) is 39.0 Å². The number of aromatic nitrogens is 3. The summed E-state index contributed by atoms with van der Waals surface area (Å²) in [6.07, 6.45) is 5.25. The van der Waals surface area contributed by atoms with Crippen LogP contribution in [0.5, 0.6) is 0 Å². The summed E-state index contributed by atoms with van der Waals surface area (Å²) in [7, 11) is 0. The molecule has 0 radical (unpaired) electrons. The van der Waals surface area contributed by atoms with Crippen LogP contribution in [0.15, 0.2) is 46.6 Å². The standard InChI is InChI=1S/C18H18N4O2S/c1-18(17-20-15(24-21-17)13-5-8-19-9-6-13)7-3-10-22(12-18)16(23)14-4-2-11-25-14/h2,4-6,8-9,11H,3,7,10,12H2,1H3. The third-order valence-corrected chi connectivity index (χ3v) is 5.47. The quantitative estimate of drug-likeness (QED) is 0.721. The van der Waals surface area contributed by atoms with Gasteiger partial charge in [0.2, 0.25) is 0 Å². The zero-order valence-corrected chi connectivity index (χ0v) is 14.7. The first kappa shape index (κ1) is 16.0. The highest BCUT2D eigenvalue weighted by atomic mass is 32.1. The Balaban J connectivity index is 1.57. The smallest absolute Gasteiger partial charge is 0.263 e. The number of carbonyl (C=O) groups is 1. The van der Waals surface area contributed by atoms with Crippen molar-refractivity contribution in [1.82, 2.24) is 20.0 Å². The van der Waals surface area contributed by atoms with Crippen LogP contribution in [0, 0.1) is 0 Å². The van der Waals surface area contributed by atoms with Gasteiger partial charge in [-0.1, -0.05) is 18.1 Å². The number of nitrogens with zero attached hydrogens (tertiary/aromatic N) is 4. The molecule has 4 heterocycles. The lowest BCUT2D eigenvalue weighted by molar-refractivity contribution is 0.0647. The molecule has 1 aliphatic heterocycles. The highest BCUT2D eigenvalue weighted by Crippen LogP contribution is 2.34. The largest absolute Gasteiger partial charge is 0.337 e. The average molecular weight is 354 g/mol. The Labute approximate surface area is 149 Å². The lowest BCUT2D eigenvalue weighted by Gasteiger charge is -2.38. The first-order valence-corrected chi connectivity index (χ1v) is 9.11. The zero-order valence-electron chi connectivity index (χ0n) is 13.9. The van der Waals surface area contributed by atoms with Crippen LogP contribution in [0.3, 0.4) is 0 Å². The van der Waals surface area contributed by atoms with E-state index in [1.165, 1.54) is 11.3 Å². The predicted octanol–water partition coefficient (Wildman–Crippen LogP) is 3.39. The number of hydrogen-bond acceptors (Lipinski definition) is 6. The molecule has 3 aromatic heterocycles. The van der Waals surface area contributed by atoms with E-state index in [1.54, 1.807) is 12.4 Å². The highest BCUT2D eigenvalue weighted by molar-refractivity contribution is 7.12. The molecule has 0 spiro atoms. The molecule has 1 aliphatic rings. The van der Waals surface area contributed by atoms with Crippen molar-refractivity contribution in [3.05, 3.63) is 52.7 Å². The van der Waals surface area contributed by atoms with Gasteiger partial charge in [0.15, 0.2) is 5.82 Å². The summed E-state index contributed by atoms with van der Waals surface area (Å²) in [6.45, 7) is 3.46. The molecule has 128 valence electrons. The number of carbonyl (C=O) groups excluding carboxylic acids is 1. The molecular weight excluding hydrogens is 336 g/mol. The third-order valence-electron chi connectivity index (χ3n) is 4.61. The first-order chi connectivity index (χ1) is 12.2. The van der Waals surface area contributed by atoms with Gasteiger partial charge in [0.1, 0.15) is 0 Å². The van der Waals surface area contributed by atoms with Crippen LogP contribution >= 0.6 is 11.3 Å². The fourth-order valence-corrected chi connectivity index (χ4v) is 3.92. The maximum absolute atomic E-state index is 12.7. The van der Waals surface area contributed by atoms with Crippen molar-refractivity contribution < 1.29 is 9.32 Å². The summed E-state index contributed by atoms with van der Waals surface area (Å²) >= 11 is 1.48. The fourth-order valence-electron chi connectivity index (χ4n) is 3.23. The number of pyridine rings is 1. The van der Waals surface area contributed by atoms with Crippen molar-refractivity contribution in [1.29, 1.82) is 0 Å². The van der Waals surface area contributed by atoms with E-state index in [9.17, 15) is 4.79 Å². The second-order valence-corrected chi connectivity index (χ2v) is 7.47. The molecule has 1 amide bonds. The van der Waals surface area contributed by atoms with Crippen molar-refractivity contribution in [2.75, 3.05) is 13.1 Å². The van der Waals surface area contributed by atoms with Crippen LogP contribution in [0.25, 0.3) is 11.5 Å². The molecule has 3 aromatic rings. The van der Waals surface area contributed by atoms with Gasteiger partial charge >= 0.3 is 0 Å². The molecule has 1 saturated heterocycles. The van der Waals surface area contributed by atoms with E-state index in [0.29, 0.717) is 18.3 Å². The van der Waals surface area contributed by atoms with E-state index >= 15 is 0 Å². The van der Waals surface area contributed by atoms with E-state index < -0.39 is 0 Å². The first-order valence-electron chi connectivity index (χ1n) is 8.23. The van der Waals surface area contributed by atoms with Crippen molar-refractivity contribution in [3.63, 3.8) is 0 Å². The van der Waals surface area contributed by atoms with Crippen LogP contribution in [0.4, 0.5) is 0 Å². The predicted molar refractivity (Wildman–Crippen MR) is 94.3 cm³/mol. The van der Waals surface area contributed by atoms with Gasteiger partial charge in [-0.3, -0.25) is 9.78 Å². The number of likely N-dealkylation sites (tertiary alicyclic amines) is 1. The Morgan fingerprint density at radius 2 is 2.16 bits per heavy atom. The number of rotatable bonds is 3. The minimum absolute atomic E-state index is 0.0822. The maximum Gasteiger partial charge on any atom is 0.263 e. The minimum atomic E-state index is -0.306. The normalized spacial score (nSPS) is 20.6. The number of piperidine rings is 1. The summed E-state index contributed by atoms with van der Waals surface area (Å²) in [6, 6.07) is 7.45. The van der Waals surface area contributed by atoms with Crippen LogP contribution in [0.1, 0.15) is 35.3 Å². The number of amides is 1. The summed E-state index contributed by atoms with van der Waals surface area (Å²) in [5.74, 6) is 1.22. The lowest BCUT2D eigenvalue weighted by atomic mass is 9.81. The Bertz CT molecular complexity index is 862. The van der Waals surface area contributed by atoms with Gasteiger partial charge in [-0.2, -0.15) is 4.98 Å². The van der Waals surface area contributed by atoms with Gasteiger partial charge in [-0.05, 0) is 36.4 Å². The van der Waals surface area contributed by atoms with Crippen molar-refractivity contribution in [3.8, 4) is 11.5 Å². The van der Waals surface area contributed by atoms with Gasteiger partial charge in [0.05, 0.1) is 4.88 Å². The van der Waals surface area contributed by atoms with Gasteiger partial charge in [-0.15, -0.1) is 11.3 Å². The molecule has 1 atom stereocenters. The maximum atomic E-state index is 12.7. The topological polar surface area (TPSA) is 72.1 Å². The Morgan fingerprint density at radius 3 is 2.92 bits per heavy atom. The van der Waals surface area contributed by atoms with Crippen molar-refractivity contribution in [2.24, 2.45) is 0 Å². The fraction of sp³-hybridized carbons (Fsp3) is 0.333. The van der Waals surface area contributed by atoms with E-state index in [4.69, 9.17) is 4.52 Å². The van der Waals surface area contributed by atoms with E-state index in [-0.39, 0.29) is 11.3 Å². The molecule has 4 rings (SSSR count). The highest BCUT2D eigenvalue weighted by Gasteiger charge is 2.39. The average Bonchev–Trinajstić information content (AvgIpc) is 3.34. The summed E-state index contributed by atoms with van der Waals surface area (Å²) in [5.41, 5.74) is 0.541. The van der Waals surface area contributed by atoms with Gasteiger partial charge < -0.3 is 9.42 Å². The lowest BCUT2D eigenvalue weighted by Crippen LogP contribution is -2.47. The molecule has 25 heavy (non-hydrogen) atoms. The minimum Gasteiger partial charge on any atom is -0.337 e. The van der Waals surface area contributed by atoms with Crippen LogP contribution < -0.4 is 0 Å². The molecule has 0 bridgehead atoms. The monoisotopic (exact) mass is 354 g/mol. The van der Waals surface area contributed by atoms with Gasteiger partial charge in [0, 0.05) is 36.5 Å². The van der Waals surface area contributed by atoms with Crippen LogP contribution in [-0.2, 0) is 5.41 Å². The molecule has 1 unspecified atom stereocenters. The van der Waals surface area contributed by atoms with E-state index in [1.807, 2.05) is 34.5 Å². The SMILES string of the molecule is CC1(c2noc(-c3ccncc3)n2)CCCN(C(=O)c2cccs2)C1. The van der Waals surface area contributed by atoms with Crippen LogP contribution in [0.2, 0.25) is 0 Å². The van der Waals surface area contributed by atoms with E-state index in [0.717, 1.165) is 29.8 Å². The Kier molecular flexibility index (Phi) is 4.09. The van der Waals surface area contributed by atoms with Crippen molar-refractivity contribution >= 4 is 17.2 Å². The van der Waals surface area contributed by atoms with E-state index in [2.05, 4.69) is 22.0 Å². The molecular formula is C18H18N4O2S. The summed E-state index contributed by atoms with van der Waals surface area (Å²) in [4.78, 5) is 23.9. The zero-order chi connectivity index (χ0) is 17.3. The Morgan fingerprint density at radius 1 is 1.32 bits per heavy atom. The second-order valence-electron chi connectivity index (χ2n) is 6.53. The van der Waals surface area contributed by atoms with Gasteiger partial charge in [-0.25, -0.2) is 0 Å². The third kappa shape index (κ3) is 3.07. The summed E-state index contributed by atoms with van der Waals surface area (Å²) in [5, 5.41) is 6.13. The number of hydrogen-bond donors (Lipinski definition) is 0. The second kappa shape index (κ2) is 6.40. The molecule has 0 aliphatic carbocycles. The molecule has 0 N–H and O–H groups in total. The number of thiophene rings is 1.